The SMILES string of the molecule is Cn1ccc(CC(=O)CC2CCSCC2)n1. The lowest BCUT2D eigenvalue weighted by Gasteiger charge is -2.20. The van der Waals surface area contributed by atoms with Crippen LogP contribution in [0.15, 0.2) is 12.3 Å². The monoisotopic (exact) mass is 238 g/mol. The minimum Gasteiger partial charge on any atom is -0.299 e. The first-order valence-electron chi connectivity index (χ1n) is 5.82. The molecular weight excluding hydrogens is 220 g/mol. The lowest BCUT2D eigenvalue weighted by atomic mass is 9.95. The maximum Gasteiger partial charge on any atom is 0.139 e. The van der Waals surface area contributed by atoms with Crippen molar-refractivity contribution in [2.24, 2.45) is 13.0 Å². The number of thioether (sulfide) groups is 1. The molecule has 1 aliphatic rings. The fourth-order valence-corrected chi connectivity index (χ4v) is 3.31. The van der Waals surface area contributed by atoms with Gasteiger partial charge < -0.3 is 0 Å². The summed E-state index contributed by atoms with van der Waals surface area (Å²) in [5.74, 6) is 3.41. The van der Waals surface area contributed by atoms with Crippen LogP contribution in [0.5, 0.6) is 0 Å². The van der Waals surface area contributed by atoms with E-state index < -0.39 is 0 Å². The normalized spacial score (nSPS) is 17.6. The molecule has 0 amide bonds. The van der Waals surface area contributed by atoms with Crippen molar-refractivity contribution in [3.8, 4) is 0 Å². The Morgan fingerprint density at radius 2 is 2.31 bits per heavy atom. The number of nitrogens with zero attached hydrogens (tertiary/aromatic N) is 2. The highest BCUT2D eigenvalue weighted by Gasteiger charge is 2.17. The van der Waals surface area contributed by atoms with Gasteiger partial charge in [-0.05, 0) is 36.3 Å². The Hall–Kier alpha value is -0.770. The zero-order valence-corrected chi connectivity index (χ0v) is 10.5. The summed E-state index contributed by atoms with van der Waals surface area (Å²) in [7, 11) is 1.88. The third-order valence-corrected chi connectivity index (χ3v) is 4.05. The number of carbonyl (C=O) groups is 1. The molecule has 2 heterocycles. The van der Waals surface area contributed by atoms with Gasteiger partial charge in [0.15, 0.2) is 0 Å². The number of ketones is 1. The smallest absolute Gasteiger partial charge is 0.139 e. The van der Waals surface area contributed by atoms with Crippen LogP contribution in [0, 0.1) is 5.92 Å². The highest BCUT2D eigenvalue weighted by Crippen LogP contribution is 2.25. The van der Waals surface area contributed by atoms with Gasteiger partial charge in [0.2, 0.25) is 0 Å². The van der Waals surface area contributed by atoms with Crippen molar-refractivity contribution >= 4 is 17.5 Å². The van der Waals surface area contributed by atoms with E-state index in [2.05, 4.69) is 5.10 Å². The maximum atomic E-state index is 11.8. The van der Waals surface area contributed by atoms with Crippen molar-refractivity contribution in [1.82, 2.24) is 9.78 Å². The van der Waals surface area contributed by atoms with Crippen LogP contribution in [-0.2, 0) is 18.3 Å². The zero-order chi connectivity index (χ0) is 11.4. The minimum absolute atomic E-state index is 0.343. The number of rotatable bonds is 4. The lowest BCUT2D eigenvalue weighted by molar-refractivity contribution is -0.119. The van der Waals surface area contributed by atoms with Gasteiger partial charge in [-0.2, -0.15) is 16.9 Å². The van der Waals surface area contributed by atoms with E-state index in [9.17, 15) is 4.79 Å². The predicted octanol–water partition coefficient (Wildman–Crippen LogP) is 2.06. The molecule has 3 nitrogen and oxygen atoms in total. The minimum atomic E-state index is 0.343. The average Bonchev–Trinajstić information content (AvgIpc) is 2.65. The second-order valence-corrected chi connectivity index (χ2v) is 5.68. The Morgan fingerprint density at radius 1 is 1.56 bits per heavy atom. The average molecular weight is 238 g/mol. The van der Waals surface area contributed by atoms with Crippen LogP contribution in [0.1, 0.15) is 25.0 Å². The zero-order valence-electron chi connectivity index (χ0n) is 9.69. The maximum absolute atomic E-state index is 11.8. The highest BCUT2D eigenvalue weighted by atomic mass is 32.2. The molecule has 1 aromatic rings. The van der Waals surface area contributed by atoms with Gasteiger partial charge in [0.25, 0.3) is 0 Å². The molecule has 0 unspecified atom stereocenters. The summed E-state index contributed by atoms with van der Waals surface area (Å²) in [5.41, 5.74) is 0.901. The van der Waals surface area contributed by atoms with Gasteiger partial charge in [0.05, 0.1) is 12.1 Å². The van der Waals surface area contributed by atoms with Crippen LogP contribution < -0.4 is 0 Å². The van der Waals surface area contributed by atoms with Gasteiger partial charge in [-0.15, -0.1) is 0 Å². The van der Waals surface area contributed by atoms with E-state index in [-0.39, 0.29) is 0 Å². The molecule has 0 bridgehead atoms. The summed E-state index contributed by atoms with van der Waals surface area (Å²) >= 11 is 2.01. The van der Waals surface area contributed by atoms with Gasteiger partial charge in [-0.1, -0.05) is 0 Å². The first-order chi connectivity index (χ1) is 7.74. The fraction of sp³-hybridized carbons (Fsp3) is 0.667. The number of Topliss-reactive ketones (excluding diaryl/α,β-unsaturated/α-hetero) is 1. The standard InChI is InChI=1S/C12H18N2OS/c1-14-5-2-11(13-14)9-12(15)8-10-3-6-16-7-4-10/h2,5,10H,3-4,6-9H2,1H3. The molecule has 0 atom stereocenters. The van der Waals surface area contributed by atoms with Gasteiger partial charge >= 0.3 is 0 Å². The van der Waals surface area contributed by atoms with Gasteiger partial charge in [0, 0.05) is 19.7 Å². The van der Waals surface area contributed by atoms with E-state index in [1.165, 1.54) is 24.3 Å². The number of carbonyl (C=O) groups excluding carboxylic acids is 1. The summed E-state index contributed by atoms with van der Waals surface area (Å²) in [6.07, 6.45) is 5.55. The second kappa shape index (κ2) is 5.53. The molecule has 88 valence electrons. The van der Waals surface area contributed by atoms with E-state index in [0.717, 1.165) is 12.1 Å². The van der Waals surface area contributed by atoms with Gasteiger partial charge in [-0.3, -0.25) is 9.48 Å². The molecule has 0 aliphatic carbocycles. The number of aromatic nitrogens is 2. The molecule has 2 rings (SSSR count). The van der Waals surface area contributed by atoms with E-state index in [1.807, 2.05) is 31.1 Å². The summed E-state index contributed by atoms with van der Waals surface area (Å²) in [6, 6.07) is 1.93. The molecule has 0 spiro atoms. The first-order valence-corrected chi connectivity index (χ1v) is 6.97. The summed E-state index contributed by atoms with van der Waals surface area (Å²) in [4.78, 5) is 11.8. The summed E-state index contributed by atoms with van der Waals surface area (Å²) in [6.45, 7) is 0. The highest BCUT2D eigenvalue weighted by molar-refractivity contribution is 7.99. The lowest BCUT2D eigenvalue weighted by Crippen LogP contribution is -2.15. The van der Waals surface area contributed by atoms with Gasteiger partial charge in [0.1, 0.15) is 5.78 Å². The molecule has 1 fully saturated rings. The summed E-state index contributed by atoms with van der Waals surface area (Å²) < 4.78 is 1.75. The van der Waals surface area contributed by atoms with Crippen LogP contribution in [0.4, 0.5) is 0 Å². The molecule has 1 aliphatic heterocycles. The Kier molecular flexibility index (Phi) is 4.04. The second-order valence-electron chi connectivity index (χ2n) is 4.46. The largest absolute Gasteiger partial charge is 0.299 e. The Balaban J connectivity index is 1.79. The molecule has 4 heteroatoms. The van der Waals surface area contributed by atoms with Crippen molar-refractivity contribution in [2.45, 2.75) is 25.7 Å². The van der Waals surface area contributed by atoms with Crippen molar-refractivity contribution in [3.05, 3.63) is 18.0 Å². The fourth-order valence-electron chi connectivity index (χ4n) is 2.10. The molecule has 0 radical (unpaired) electrons. The van der Waals surface area contributed by atoms with Crippen molar-refractivity contribution < 1.29 is 4.79 Å². The first kappa shape index (κ1) is 11.7. The topological polar surface area (TPSA) is 34.9 Å². The molecule has 1 saturated heterocycles. The third-order valence-electron chi connectivity index (χ3n) is 3.00. The van der Waals surface area contributed by atoms with Crippen LogP contribution in [-0.4, -0.2) is 27.1 Å². The Morgan fingerprint density at radius 3 is 2.94 bits per heavy atom. The molecular formula is C12H18N2OS. The predicted molar refractivity (Wildman–Crippen MR) is 66.6 cm³/mol. The molecule has 16 heavy (non-hydrogen) atoms. The van der Waals surface area contributed by atoms with E-state index in [0.29, 0.717) is 18.1 Å². The van der Waals surface area contributed by atoms with Crippen LogP contribution >= 0.6 is 11.8 Å². The van der Waals surface area contributed by atoms with Crippen molar-refractivity contribution in [1.29, 1.82) is 0 Å². The molecule has 0 saturated carbocycles. The Bertz CT molecular complexity index is 356. The summed E-state index contributed by atoms with van der Waals surface area (Å²) in [5, 5.41) is 4.24. The van der Waals surface area contributed by atoms with E-state index in [4.69, 9.17) is 0 Å². The van der Waals surface area contributed by atoms with Crippen LogP contribution in [0.2, 0.25) is 0 Å². The number of aryl methyl sites for hydroxylation is 1. The Labute approximate surface area is 101 Å². The van der Waals surface area contributed by atoms with Crippen molar-refractivity contribution in [2.75, 3.05) is 11.5 Å². The quantitative estimate of drug-likeness (QED) is 0.805. The molecule has 1 aromatic heterocycles. The van der Waals surface area contributed by atoms with Crippen LogP contribution in [0.25, 0.3) is 0 Å². The number of hydrogen-bond donors (Lipinski definition) is 0. The van der Waals surface area contributed by atoms with E-state index >= 15 is 0 Å². The van der Waals surface area contributed by atoms with Crippen molar-refractivity contribution in [3.63, 3.8) is 0 Å². The molecule has 0 aromatic carbocycles. The third kappa shape index (κ3) is 3.37. The molecule has 0 N–H and O–H groups in total. The van der Waals surface area contributed by atoms with Gasteiger partial charge in [-0.25, -0.2) is 0 Å². The number of hydrogen-bond acceptors (Lipinski definition) is 3. The van der Waals surface area contributed by atoms with Crippen LogP contribution in [0.3, 0.4) is 0 Å². The van der Waals surface area contributed by atoms with E-state index in [1.54, 1.807) is 4.68 Å².